The first kappa shape index (κ1) is 21.6. The van der Waals surface area contributed by atoms with Gasteiger partial charge in [0.25, 0.3) is 5.91 Å². The summed E-state index contributed by atoms with van der Waals surface area (Å²) in [7, 11) is 0. The Bertz CT molecular complexity index is 1270. The predicted octanol–water partition coefficient (Wildman–Crippen LogP) is 6.20. The number of carbonyl (C=O) groups is 2. The van der Waals surface area contributed by atoms with Crippen LogP contribution in [0.1, 0.15) is 59.2 Å². The molecule has 1 heterocycles. The van der Waals surface area contributed by atoms with Gasteiger partial charge in [-0.3, -0.25) is 4.79 Å². The lowest BCUT2D eigenvalue weighted by atomic mass is 9.49. The molecule has 1 aromatic heterocycles. The Morgan fingerprint density at radius 2 is 1.59 bits per heavy atom. The summed E-state index contributed by atoms with van der Waals surface area (Å²) in [5.74, 6) is 1.44. The van der Waals surface area contributed by atoms with Gasteiger partial charge in [0.1, 0.15) is 0 Å². The van der Waals surface area contributed by atoms with Crippen LogP contribution in [0.5, 0.6) is 0 Å². The molecule has 7 rings (SSSR count). The van der Waals surface area contributed by atoms with Gasteiger partial charge in [-0.05, 0) is 98.1 Å². The van der Waals surface area contributed by atoms with Crippen molar-refractivity contribution in [2.75, 3.05) is 6.54 Å². The smallest absolute Gasteiger partial charge is 0.335 e. The molecule has 4 aliphatic rings. The summed E-state index contributed by atoms with van der Waals surface area (Å²) in [5, 5.41) is 13.5. The first-order chi connectivity index (χ1) is 16.4. The SMILES string of the molecule is O=C(O)c1ccc(-c2ccc3c(C(=O)NCC45CC6CC(CC(C6)C4)C5)c(Cl)ccc3n2)cc1. The van der Waals surface area contributed by atoms with Crippen LogP contribution in [-0.2, 0) is 0 Å². The molecule has 1 amide bonds. The van der Waals surface area contributed by atoms with Crippen LogP contribution in [-0.4, -0.2) is 28.5 Å². The fourth-order valence-electron chi connectivity index (χ4n) is 7.22. The van der Waals surface area contributed by atoms with E-state index in [1.54, 1.807) is 30.3 Å². The highest BCUT2D eigenvalue weighted by Crippen LogP contribution is 2.59. The van der Waals surface area contributed by atoms with Crippen LogP contribution in [0.3, 0.4) is 0 Å². The normalized spacial score (nSPS) is 27.1. The number of pyridine rings is 1. The lowest BCUT2D eigenvalue weighted by Crippen LogP contribution is -2.51. The number of hydrogen-bond donors (Lipinski definition) is 2. The van der Waals surface area contributed by atoms with E-state index in [2.05, 4.69) is 5.32 Å². The molecule has 0 unspecified atom stereocenters. The first-order valence-electron chi connectivity index (χ1n) is 12.1. The summed E-state index contributed by atoms with van der Waals surface area (Å²) in [4.78, 5) is 29.2. The number of hydrogen-bond acceptors (Lipinski definition) is 3. The van der Waals surface area contributed by atoms with Crippen LogP contribution in [0, 0.1) is 23.2 Å². The quantitative estimate of drug-likeness (QED) is 0.461. The number of aromatic nitrogens is 1. The Morgan fingerprint density at radius 3 is 2.21 bits per heavy atom. The van der Waals surface area contributed by atoms with Crippen molar-refractivity contribution in [3.8, 4) is 11.3 Å². The molecule has 0 spiro atoms. The van der Waals surface area contributed by atoms with Crippen molar-refractivity contribution >= 4 is 34.4 Å². The summed E-state index contributed by atoms with van der Waals surface area (Å²) in [6, 6.07) is 13.9. The summed E-state index contributed by atoms with van der Waals surface area (Å²) < 4.78 is 0. The zero-order valence-electron chi connectivity index (χ0n) is 18.9. The third-order valence-corrected chi connectivity index (χ3v) is 8.58. The topological polar surface area (TPSA) is 79.3 Å². The number of carboxylic acid groups (broad SMARTS) is 1. The number of fused-ring (bicyclic) bond motifs is 1. The van der Waals surface area contributed by atoms with Gasteiger partial charge in [0.05, 0.1) is 27.4 Å². The van der Waals surface area contributed by atoms with Crippen LogP contribution in [0.15, 0.2) is 48.5 Å². The third-order valence-electron chi connectivity index (χ3n) is 8.26. The van der Waals surface area contributed by atoms with E-state index in [0.717, 1.165) is 35.2 Å². The maximum atomic E-state index is 13.3. The Balaban J connectivity index is 1.25. The fraction of sp³-hybridized carbons (Fsp3) is 0.393. The van der Waals surface area contributed by atoms with E-state index < -0.39 is 5.97 Å². The van der Waals surface area contributed by atoms with Crippen molar-refractivity contribution in [1.29, 1.82) is 0 Å². The van der Waals surface area contributed by atoms with E-state index in [9.17, 15) is 9.59 Å². The molecular weight excluding hydrogens is 448 g/mol. The van der Waals surface area contributed by atoms with Gasteiger partial charge in [-0.15, -0.1) is 0 Å². The maximum absolute atomic E-state index is 13.3. The number of nitrogens with zero attached hydrogens (tertiary/aromatic N) is 1. The maximum Gasteiger partial charge on any atom is 0.335 e. The van der Waals surface area contributed by atoms with Gasteiger partial charge in [0, 0.05) is 17.5 Å². The van der Waals surface area contributed by atoms with Crippen LogP contribution in [0.4, 0.5) is 0 Å². The Kier molecular flexibility index (Phi) is 5.14. The lowest BCUT2D eigenvalue weighted by Gasteiger charge is -2.56. The highest BCUT2D eigenvalue weighted by Gasteiger charge is 2.50. The lowest BCUT2D eigenvalue weighted by molar-refractivity contribution is -0.0503. The minimum Gasteiger partial charge on any atom is -0.478 e. The molecule has 174 valence electrons. The fourth-order valence-corrected chi connectivity index (χ4v) is 7.47. The summed E-state index contributed by atoms with van der Waals surface area (Å²) in [5.41, 5.74) is 3.18. The second-order valence-electron chi connectivity index (χ2n) is 10.7. The van der Waals surface area contributed by atoms with Crippen molar-refractivity contribution < 1.29 is 14.7 Å². The molecule has 2 aromatic carbocycles. The van der Waals surface area contributed by atoms with Gasteiger partial charge >= 0.3 is 5.97 Å². The number of nitrogens with one attached hydrogen (secondary N) is 1. The minimum atomic E-state index is -0.961. The summed E-state index contributed by atoms with van der Waals surface area (Å²) in [6.45, 7) is 0.726. The molecule has 0 saturated heterocycles. The molecule has 0 aliphatic heterocycles. The predicted molar refractivity (Wildman–Crippen MR) is 132 cm³/mol. The van der Waals surface area contributed by atoms with Gasteiger partial charge in [-0.2, -0.15) is 0 Å². The highest BCUT2D eigenvalue weighted by molar-refractivity contribution is 6.35. The van der Waals surface area contributed by atoms with Crippen LogP contribution in [0.25, 0.3) is 22.2 Å². The monoisotopic (exact) mass is 474 g/mol. The van der Waals surface area contributed by atoms with Gasteiger partial charge in [0.15, 0.2) is 0 Å². The van der Waals surface area contributed by atoms with Gasteiger partial charge in [0.2, 0.25) is 0 Å². The standard InChI is InChI=1S/C28H27ClN2O3/c29-22-6-8-24-21(5-7-23(31-24)19-1-3-20(4-2-19)27(33)34)25(22)26(32)30-15-28-12-16-9-17(13-28)11-18(10-16)14-28/h1-8,16-18H,9-15H2,(H,30,32)(H,33,34). The molecule has 0 atom stereocenters. The molecule has 4 saturated carbocycles. The van der Waals surface area contributed by atoms with Crippen molar-refractivity contribution in [2.45, 2.75) is 38.5 Å². The van der Waals surface area contributed by atoms with E-state index in [4.69, 9.17) is 21.7 Å². The zero-order valence-corrected chi connectivity index (χ0v) is 19.6. The minimum absolute atomic E-state index is 0.133. The Morgan fingerprint density at radius 1 is 0.941 bits per heavy atom. The van der Waals surface area contributed by atoms with Crippen molar-refractivity contribution in [2.24, 2.45) is 23.2 Å². The largest absolute Gasteiger partial charge is 0.478 e. The second-order valence-corrected chi connectivity index (χ2v) is 11.1. The molecule has 0 radical (unpaired) electrons. The van der Waals surface area contributed by atoms with Crippen molar-refractivity contribution in [3.05, 3.63) is 64.7 Å². The first-order valence-corrected chi connectivity index (χ1v) is 12.5. The number of rotatable bonds is 5. The van der Waals surface area contributed by atoms with E-state index in [1.165, 1.54) is 38.5 Å². The third kappa shape index (κ3) is 3.76. The van der Waals surface area contributed by atoms with E-state index >= 15 is 0 Å². The van der Waals surface area contributed by atoms with Crippen molar-refractivity contribution in [3.63, 3.8) is 0 Å². The number of halogens is 1. The van der Waals surface area contributed by atoms with Crippen LogP contribution < -0.4 is 5.32 Å². The Hall–Kier alpha value is -2.92. The van der Waals surface area contributed by atoms with Crippen LogP contribution in [0.2, 0.25) is 5.02 Å². The van der Waals surface area contributed by atoms with Gasteiger partial charge < -0.3 is 10.4 Å². The number of amides is 1. The van der Waals surface area contributed by atoms with Gasteiger partial charge in [-0.25, -0.2) is 9.78 Å². The average molecular weight is 475 g/mol. The van der Waals surface area contributed by atoms with Gasteiger partial charge in [-0.1, -0.05) is 23.7 Å². The molecule has 5 nitrogen and oxygen atoms in total. The molecular formula is C28H27ClN2O3. The molecule has 4 aliphatic carbocycles. The molecule has 4 fully saturated rings. The molecule has 3 aromatic rings. The Labute approximate surface area is 203 Å². The molecule has 2 N–H and O–H groups in total. The number of aromatic carboxylic acids is 1. The molecule has 34 heavy (non-hydrogen) atoms. The second kappa shape index (κ2) is 8.09. The molecule has 6 heteroatoms. The summed E-state index contributed by atoms with van der Waals surface area (Å²) in [6.07, 6.45) is 7.89. The average Bonchev–Trinajstić information content (AvgIpc) is 2.81. The number of carboxylic acids is 1. The highest BCUT2D eigenvalue weighted by atomic mass is 35.5. The van der Waals surface area contributed by atoms with E-state index in [-0.39, 0.29) is 16.9 Å². The summed E-state index contributed by atoms with van der Waals surface area (Å²) >= 11 is 6.51. The van der Waals surface area contributed by atoms with E-state index in [1.807, 2.05) is 18.2 Å². The number of benzene rings is 2. The zero-order chi connectivity index (χ0) is 23.4. The van der Waals surface area contributed by atoms with Crippen LogP contribution >= 0.6 is 11.6 Å². The van der Waals surface area contributed by atoms with E-state index in [0.29, 0.717) is 21.8 Å². The molecule has 4 bridgehead atoms. The number of carbonyl (C=O) groups excluding carboxylic acids is 1. The van der Waals surface area contributed by atoms with Crippen molar-refractivity contribution in [1.82, 2.24) is 10.3 Å².